The fourth-order valence-corrected chi connectivity index (χ4v) is 5.17. The molecule has 0 bridgehead atoms. The van der Waals surface area contributed by atoms with Crippen molar-refractivity contribution in [3.8, 4) is 0 Å². The first-order valence-electron chi connectivity index (χ1n) is 9.04. The van der Waals surface area contributed by atoms with Crippen molar-refractivity contribution in [2.45, 2.75) is 6.54 Å². The molecule has 2 amide bonds. The van der Waals surface area contributed by atoms with Crippen LogP contribution in [-0.2, 0) is 26.3 Å². The van der Waals surface area contributed by atoms with Crippen LogP contribution in [0.25, 0.3) is 5.57 Å². The SMILES string of the molecule is O=C1/C(=C2/C(=O)N(Cc3ccc(F)cc3)c3ccccc32)SC(=S)N1CCS(=O)(=O)O. The lowest BCUT2D eigenvalue weighted by atomic mass is 10.1. The Bertz CT molecular complexity index is 1240. The molecule has 0 radical (unpaired) electrons. The number of hydrogen-bond donors (Lipinski definition) is 1. The highest BCUT2D eigenvalue weighted by atomic mass is 32.2. The second-order valence-corrected chi connectivity index (χ2v) is 10.1. The van der Waals surface area contributed by atoms with Crippen LogP contribution < -0.4 is 4.90 Å². The van der Waals surface area contributed by atoms with Crippen molar-refractivity contribution in [3.63, 3.8) is 0 Å². The molecule has 0 spiro atoms. The van der Waals surface area contributed by atoms with Gasteiger partial charge in [-0.1, -0.05) is 54.3 Å². The fourth-order valence-electron chi connectivity index (χ4n) is 3.38. The number of carbonyl (C=O) groups excluding carboxylic acids is 2. The Hall–Kier alpha value is -2.60. The number of halogens is 1. The minimum atomic E-state index is -4.28. The molecular weight excluding hydrogens is 463 g/mol. The van der Waals surface area contributed by atoms with Crippen LogP contribution in [0.5, 0.6) is 0 Å². The molecule has 4 rings (SSSR count). The van der Waals surface area contributed by atoms with E-state index in [1.54, 1.807) is 36.4 Å². The lowest BCUT2D eigenvalue weighted by Crippen LogP contribution is -2.33. The zero-order chi connectivity index (χ0) is 22.3. The number of amides is 2. The van der Waals surface area contributed by atoms with Crippen LogP contribution in [0.15, 0.2) is 53.4 Å². The summed E-state index contributed by atoms with van der Waals surface area (Å²) in [5.74, 6) is -2.03. The van der Waals surface area contributed by atoms with Crippen LogP contribution in [0.2, 0.25) is 0 Å². The van der Waals surface area contributed by atoms with Gasteiger partial charge in [0, 0.05) is 12.1 Å². The lowest BCUT2D eigenvalue weighted by Gasteiger charge is -2.17. The molecule has 160 valence electrons. The van der Waals surface area contributed by atoms with Gasteiger partial charge in [-0.3, -0.25) is 19.0 Å². The monoisotopic (exact) mass is 478 g/mol. The van der Waals surface area contributed by atoms with Gasteiger partial charge in [-0.15, -0.1) is 0 Å². The molecule has 2 aliphatic heterocycles. The minimum Gasteiger partial charge on any atom is -0.303 e. The summed E-state index contributed by atoms with van der Waals surface area (Å²) < 4.78 is 44.5. The first-order valence-corrected chi connectivity index (χ1v) is 11.9. The Labute approximate surface area is 187 Å². The molecule has 31 heavy (non-hydrogen) atoms. The van der Waals surface area contributed by atoms with Crippen molar-refractivity contribution in [3.05, 3.63) is 70.4 Å². The number of hydrogen-bond acceptors (Lipinski definition) is 6. The zero-order valence-electron chi connectivity index (χ0n) is 15.8. The van der Waals surface area contributed by atoms with Gasteiger partial charge < -0.3 is 4.90 Å². The number of nitrogens with zero attached hydrogens (tertiary/aromatic N) is 2. The van der Waals surface area contributed by atoms with Crippen molar-refractivity contribution in [1.82, 2.24) is 4.90 Å². The number of carbonyl (C=O) groups is 2. The Kier molecular flexibility index (Phi) is 5.69. The van der Waals surface area contributed by atoms with E-state index >= 15 is 0 Å². The molecule has 0 atom stereocenters. The molecule has 11 heteroatoms. The molecule has 2 aliphatic rings. The highest BCUT2D eigenvalue weighted by Crippen LogP contribution is 2.44. The van der Waals surface area contributed by atoms with Crippen molar-refractivity contribution < 1.29 is 27.0 Å². The molecule has 0 saturated carbocycles. The normalized spacial score (nSPS) is 18.8. The van der Waals surface area contributed by atoms with Crippen LogP contribution in [0.4, 0.5) is 10.1 Å². The summed E-state index contributed by atoms with van der Waals surface area (Å²) >= 11 is 6.12. The maximum atomic E-state index is 13.3. The predicted molar refractivity (Wildman–Crippen MR) is 119 cm³/mol. The topological polar surface area (TPSA) is 95.0 Å². The van der Waals surface area contributed by atoms with Crippen LogP contribution in [0.3, 0.4) is 0 Å². The summed E-state index contributed by atoms with van der Waals surface area (Å²) in [6.07, 6.45) is 0. The van der Waals surface area contributed by atoms with E-state index in [1.807, 2.05) is 0 Å². The summed E-state index contributed by atoms with van der Waals surface area (Å²) in [5.41, 5.74) is 2.07. The zero-order valence-corrected chi connectivity index (χ0v) is 18.3. The molecule has 0 aliphatic carbocycles. The van der Waals surface area contributed by atoms with Gasteiger partial charge in [0.15, 0.2) is 0 Å². The molecule has 0 aromatic heterocycles. The van der Waals surface area contributed by atoms with Crippen LogP contribution in [-0.4, -0.2) is 46.3 Å². The Morgan fingerprint density at radius 3 is 2.35 bits per heavy atom. The molecule has 2 aromatic carbocycles. The molecule has 1 saturated heterocycles. The summed E-state index contributed by atoms with van der Waals surface area (Å²) in [6.45, 7) is -0.127. The summed E-state index contributed by atoms with van der Waals surface area (Å²) in [7, 11) is -4.28. The van der Waals surface area contributed by atoms with Crippen LogP contribution in [0.1, 0.15) is 11.1 Å². The predicted octanol–water partition coefficient (Wildman–Crippen LogP) is 2.83. The second kappa shape index (κ2) is 8.15. The smallest absolute Gasteiger partial charge is 0.267 e. The van der Waals surface area contributed by atoms with Gasteiger partial charge in [0.2, 0.25) is 0 Å². The number of anilines is 1. The third-order valence-electron chi connectivity index (χ3n) is 4.83. The van der Waals surface area contributed by atoms with Crippen molar-refractivity contribution >= 4 is 61.5 Å². The molecule has 2 heterocycles. The second-order valence-electron chi connectivity index (χ2n) is 6.85. The number of rotatable bonds is 5. The number of para-hydroxylation sites is 1. The molecule has 2 aromatic rings. The Morgan fingerprint density at radius 1 is 1.00 bits per heavy atom. The van der Waals surface area contributed by atoms with E-state index in [0.717, 1.165) is 16.7 Å². The Balaban J connectivity index is 1.71. The van der Waals surface area contributed by atoms with E-state index in [2.05, 4.69) is 0 Å². The van der Waals surface area contributed by atoms with Gasteiger partial charge in [0.05, 0.1) is 28.5 Å². The van der Waals surface area contributed by atoms with Gasteiger partial charge in [-0.05, 0) is 23.8 Å². The summed E-state index contributed by atoms with van der Waals surface area (Å²) in [5, 5.41) is 0. The van der Waals surface area contributed by atoms with Gasteiger partial charge in [0.25, 0.3) is 21.9 Å². The number of fused-ring (bicyclic) bond motifs is 1. The van der Waals surface area contributed by atoms with Gasteiger partial charge >= 0.3 is 0 Å². The van der Waals surface area contributed by atoms with Gasteiger partial charge in [-0.2, -0.15) is 8.42 Å². The van der Waals surface area contributed by atoms with Crippen molar-refractivity contribution in [1.29, 1.82) is 0 Å². The maximum absolute atomic E-state index is 13.3. The first kappa shape index (κ1) is 21.6. The third kappa shape index (κ3) is 4.26. The van der Waals surface area contributed by atoms with E-state index < -0.39 is 27.7 Å². The number of thioether (sulfide) groups is 1. The third-order valence-corrected chi connectivity index (χ3v) is 6.97. The molecule has 1 N–H and O–H groups in total. The highest BCUT2D eigenvalue weighted by Gasteiger charge is 2.42. The van der Waals surface area contributed by atoms with Gasteiger partial charge in [-0.25, -0.2) is 4.39 Å². The average molecular weight is 479 g/mol. The largest absolute Gasteiger partial charge is 0.303 e. The van der Waals surface area contributed by atoms with Gasteiger partial charge in [0.1, 0.15) is 10.1 Å². The molecule has 7 nitrogen and oxygen atoms in total. The fraction of sp³-hybridized carbons (Fsp3) is 0.150. The van der Waals surface area contributed by atoms with Crippen LogP contribution in [0, 0.1) is 5.82 Å². The highest BCUT2D eigenvalue weighted by molar-refractivity contribution is 8.26. The van der Waals surface area contributed by atoms with Crippen molar-refractivity contribution in [2.75, 3.05) is 17.2 Å². The minimum absolute atomic E-state index is 0.110. The average Bonchev–Trinajstić information content (AvgIpc) is 3.14. The lowest BCUT2D eigenvalue weighted by molar-refractivity contribution is -0.122. The van der Waals surface area contributed by atoms with E-state index in [-0.39, 0.29) is 33.7 Å². The first-order chi connectivity index (χ1) is 14.7. The molecule has 0 unspecified atom stereocenters. The number of thiocarbonyl (C=S) groups is 1. The summed E-state index contributed by atoms with van der Waals surface area (Å²) in [4.78, 5) is 29.0. The number of benzene rings is 2. The van der Waals surface area contributed by atoms with Crippen LogP contribution >= 0.6 is 24.0 Å². The Morgan fingerprint density at radius 2 is 1.68 bits per heavy atom. The quantitative estimate of drug-likeness (QED) is 0.401. The van der Waals surface area contributed by atoms with E-state index in [9.17, 15) is 22.4 Å². The summed E-state index contributed by atoms with van der Waals surface area (Å²) in [6, 6.07) is 12.8. The maximum Gasteiger partial charge on any atom is 0.267 e. The van der Waals surface area contributed by atoms with Crippen molar-refractivity contribution in [2.24, 2.45) is 0 Å². The molecular formula is C20H15FN2O5S3. The van der Waals surface area contributed by atoms with E-state index in [4.69, 9.17) is 16.8 Å². The standard InChI is InChI=1S/C20H15FN2O5S3/c21-13-7-5-12(6-8-13)11-23-15-4-2-1-3-14(15)16(18(23)24)17-19(25)22(20(29)30-17)9-10-31(26,27)28/h1-8H,9-11H2,(H,26,27,28)/b17-16-. The van der Waals surface area contributed by atoms with E-state index in [0.29, 0.717) is 16.8 Å². The van der Waals surface area contributed by atoms with E-state index in [1.165, 1.54) is 17.0 Å². The molecule has 1 fully saturated rings.